The van der Waals surface area contributed by atoms with Gasteiger partial charge in [0.1, 0.15) is 7.60 Å². The number of benzene rings is 4. The third-order valence-electron chi connectivity index (χ3n) is 6.69. The van der Waals surface area contributed by atoms with Crippen molar-refractivity contribution in [2.45, 2.75) is 26.2 Å². The quantitative estimate of drug-likeness (QED) is 0.0959. The van der Waals surface area contributed by atoms with Crippen LogP contribution in [0.5, 0.6) is 0 Å². The van der Waals surface area contributed by atoms with Crippen molar-refractivity contribution in [3.63, 3.8) is 0 Å². The summed E-state index contributed by atoms with van der Waals surface area (Å²) in [5, 5.41) is 10.8. The maximum Gasteiger partial charge on any atom is 1.00 e. The van der Waals surface area contributed by atoms with Crippen LogP contribution in [0.1, 0.15) is 43.0 Å². The number of hydrogen-bond donors (Lipinski definition) is 7. The molecule has 0 bridgehead atoms. The smallest absolute Gasteiger partial charge is 0.778 e. The van der Waals surface area contributed by atoms with Gasteiger partial charge in [-0.15, -0.1) is 0 Å². The van der Waals surface area contributed by atoms with Crippen LogP contribution in [0.2, 0.25) is 0 Å². The number of urea groups is 1. The van der Waals surface area contributed by atoms with Crippen LogP contribution in [0.4, 0.5) is 27.5 Å². The second kappa shape index (κ2) is 16.0. The van der Waals surface area contributed by atoms with Crippen LogP contribution in [0.25, 0.3) is 0 Å². The Labute approximate surface area is 292 Å². The van der Waals surface area contributed by atoms with E-state index < -0.39 is 45.4 Å². The molecule has 7 N–H and O–H groups in total. The number of carbonyl (C=O) groups is 3. The molecular weight excluding hydrogens is 657 g/mol. The molecule has 4 aromatic rings. The third kappa shape index (κ3) is 11.9. The standard InChI is InChI=1S/C31H32N4O9P2.Na/c1-19-3-9-23(29(36)32-25-11-5-21(6-12-25)17-45(39,40)41)15-27(19)34-31(38)35-28-16-24(10-4-20(28)2)30(37)33-26-13-7-22(8-14-26)18-46(42,43)44;/h3-16H,17-18H2,1-2H3,(H,32,36)(H,33,37)(H2,34,35,38)(H2,39,40,41)(H2,42,43,44);/q;+1/p-1. The maximum absolute atomic E-state index is 13.0. The Hall–Kier alpha value is -3.61. The zero-order chi connectivity index (χ0) is 33.6. The molecule has 1 atom stereocenters. The minimum atomic E-state index is -4.47. The summed E-state index contributed by atoms with van der Waals surface area (Å²) in [6.07, 6.45) is -0.931. The third-order valence-corrected chi connectivity index (χ3v) is 8.23. The van der Waals surface area contributed by atoms with Crippen LogP contribution >= 0.6 is 15.2 Å². The molecule has 4 rings (SSSR count). The van der Waals surface area contributed by atoms with Gasteiger partial charge in [-0.25, -0.2) is 4.79 Å². The van der Waals surface area contributed by atoms with Gasteiger partial charge in [-0.1, -0.05) is 36.4 Å². The van der Waals surface area contributed by atoms with E-state index in [1.54, 1.807) is 38.1 Å². The molecule has 0 aliphatic rings. The summed E-state index contributed by atoms with van der Waals surface area (Å²) in [5.41, 5.74) is 4.19. The molecule has 0 saturated carbocycles. The summed E-state index contributed by atoms with van der Waals surface area (Å²) in [6.45, 7) is 3.50. The van der Waals surface area contributed by atoms with Gasteiger partial charge in [-0.05, 0) is 84.6 Å². The molecule has 0 radical (unpaired) electrons. The SMILES string of the molecule is Cc1ccc(C(=O)Nc2ccc(CP(=O)([O-])O)cc2)cc1NC(=O)Nc1cc(C(=O)Nc2ccc(CP(=O)(O)O)cc2)ccc1C.[Na+]. The van der Waals surface area contributed by atoms with E-state index in [-0.39, 0.29) is 40.7 Å². The van der Waals surface area contributed by atoms with E-state index in [1.807, 2.05) is 0 Å². The summed E-state index contributed by atoms with van der Waals surface area (Å²) in [6, 6.07) is 20.9. The largest absolute Gasteiger partial charge is 1.00 e. The molecular formula is C31H31N4NaO9P2. The van der Waals surface area contributed by atoms with Crippen molar-refractivity contribution in [3.05, 3.63) is 118 Å². The van der Waals surface area contributed by atoms with Crippen LogP contribution in [0.15, 0.2) is 84.9 Å². The molecule has 16 heteroatoms. The van der Waals surface area contributed by atoms with E-state index >= 15 is 0 Å². The van der Waals surface area contributed by atoms with Gasteiger partial charge in [0.15, 0.2) is 0 Å². The molecule has 4 amide bonds. The number of carbonyl (C=O) groups excluding carboxylic acids is 3. The summed E-state index contributed by atoms with van der Waals surface area (Å²) in [5.74, 6) is -0.937. The summed E-state index contributed by atoms with van der Waals surface area (Å²) in [4.78, 5) is 77.1. The van der Waals surface area contributed by atoms with Crippen molar-refractivity contribution in [1.29, 1.82) is 0 Å². The topological polar surface area (TPSA) is 217 Å². The molecule has 0 aliphatic carbocycles. The Morgan fingerprint density at radius 2 is 1.00 bits per heavy atom. The fourth-order valence-electron chi connectivity index (χ4n) is 4.33. The number of anilines is 4. The van der Waals surface area contributed by atoms with Gasteiger partial charge in [0, 0.05) is 40.0 Å². The fraction of sp³-hybridized carbons (Fsp3) is 0.129. The van der Waals surface area contributed by atoms with E-state index in [9.17, 15) is 28.4 Å². The first-order valence-corrected chi connectivity index (χ1v) is 17.3. The second-order valence-corrected chi connectivity index (χ2v) is 13.8. The summed E-state index contributed by atoms with van der Waals surface area (Å²) < 4.78 is 22.3. The van der Waals surface area contributed by atoms with Crippen molar-refractivity contribution in [1.82, 2.24) is 0 Å². The van der Waals surface area contributed by atoms with Crippen molar-refractivity contribution in [2.24, 2.45) is 0 Å². The number of aryl methyl sites for hydroxylation is 2. The maximum atomic E-state index is 13.0. The molecule has 0 fully saturated rings. The normalized spacial score (nSPS) is 12.2. The Morgan fingerprint density at radius 1 is 0.617 bits per heavy atom. The van der Waals surface area contributed by atoms with Gasteiger partial charge >= 0.3 is 43.2 Å². The Morgan fingerprint density at radius 3 is 1.36 bits per heavy atom. The molecule has 1 unspecified atom stereocenters. The fourth-order valence-corrected chi connectivity index (χ4v) is 5.69. The van der Waals surface area contributed by atoms with Crippen molar-refractivity contribution < 1.29 is 72.6 Å². The number of nitrogens with one attached hydrogen (secondary N) is 4. The summed E-state index contributed by atoms with van der Waals surface area (Å²) >= 11 is 0. The van der Waals surface area contributed by atoms with Gasteiger partial charge < -0.3 is 45.4 Å². The van der Waals surface area contributed by atoms with E-state index in [0.717, 1.165) is 0 Å². The van der Waals surface area contributed by atoms with Gasteiger partial charge in [0.25, 0.3) is 11.8 Å². The first kappa shape index (κ1) is 37.8. The average molecular weight is 689 g/mol. The van der Waals surface area contributed by atoms with Gasteiger partial charge in [-0.3, -0.25) is 14.2 Å². The molecule has 0 saturated heterocycles. The van der Waals surface area contributed by atoms with Crippen molar-refractivity contribution in [3.8, 4) is 0 Å². The predicted octanol–water partition coefficient (Wildman–Crippen LogP) is 2.18. The van der Waals surface area contributed by atoms with E-state index in [2.05, 4.69) is 21.3 Å². The molecule has 4 aromatic carbocycles. The van der Waals surface area contributed by atoms with Crippen LogP contribution in [-0.2, 0) is 21.5 Å². The van der Waals surface area contributed by atoms with Crippen molar-refractivity contribution >= 4 is 55.8 Å². The number of amides is 4. The monoisotopic (exact) mass is 688 g/mol. The Kier molecular flexibility index (Phi) is 12.9. The van der Waals surface area contributed by atoms with Gasteiger partial charge in [0.05, 0.1) is 6.16 Å². The minimum absolute atomic E-state index is 0. The number of hydrogen-bond acceptors (Lipinski definition) is 6. The van der Waals surface area contributed by atoms with Gasteiger partial charge in [0.2, 0.25) is 0 Å². The minimum Gasteiger partial charge on any atom is -0.778 e. The van der Waals surface area contributed by atoms with Crippen LogP contribution in [0.3, 0.4) is 0 Å². The van der Waals surface area contributed by atoms with E-state index in [1.165, 1.54) is 60.7 Å². The Bertz CT molecular complexity index is 1740. The zero-order valence-electron chi connectivity index (χ0n) is 25.7. The zero-order valence-corrected chi connectivity index (χ0v) is 29.5. The molecule has 13 nitrogen and oxygen atoms in total. The second-order valence-electron chi connectivity index (χ2n) is 10.6. The predicted molar refractivity (Wildman–Crippen MR) is 173 cm³/mol. The molecule has 47 heavy (non-hydrogen) atoms. The molecule has 0 aromatic heterocycles. The molecule has 240 valence electrons. The average Bonchev–Trinajstić information content (AvgIpc) is 2.96. The first-order valence-electron chi connectivity index (χ1n) is 13.7. The number of rotatable bonds is 10. The van der Waals surface area contributed by atoms with Gasteiger partial charge in [-0.2, -0.15) is 0 Å². The van der Waals surface area contributed by atoms with E-state index in [4.69, 9.17) is 14.7 Å². The summed E-state index contributed by atoms with van der Waals surface area (Å²) in [7, 11) is -8.68. The van der Waals surface area contributed by atoms with Crippen molar-refractivity contribution in [2.75, 3.05) is 21.3 Å². The Balaban J connectivity index is 0.00000600. The first-order chi connectivity index (χ1) is 21.5. The molecule has 0 spiro atoms. The molecule has 0 heterocycles. The van der Waals surface area contributed by atoms with Crippen LogP contribution in [-0.4, -0.2) is 32.5 Å². The van der Waals surface area contributed by atoms with E-state index in [0.29, 0.717) is 45.0 Å². The molecule has 0 aliphatic heterocycles. The van der Waals surface area contributed by atoms with Crippen LogP contribution in [0, 0.1) is 13.8 Å². The van der Waals surface area contributed by atoms with Crippen LogP contribution < -0.4 is 55.7 Å².